The van der Waals surface area contributed by atoms with Gasteiger partial charge in [-0.25, -0.2) is 15.0 Å². The molecule has 0 unspecified atom stereocenters. The van der Waals surface area contributed by atoms with Gasteiger partial charge in [0.25, 0.3) is 0 Å². The summed E-state index contributed by atoms with van der Waals surface area (Å²) in [6, 6.07) is 85.2. The number of rotatable bonds is 8. The topological polar surface area (TPSA) is 56.7 Å². The second-order valence-corrected chi connectivity index (χ2v) is 17.2. The van der Waals surface area contributed by atoms with Gasteiger partial charge in [-0.3, -0.25) is 0 Å². The van der Waals surface area contributed by atoms with Gasteiger partial charge in [0.15, 0.2) is 17.5 Å². The van der Waals surface area contributed by atoms with Gasteiger partial charge in [0, 0.05) is 50.0 Å². The van der Waals surface area contributed by atoms with Crippen LogP contribution in [0.4, 0.5) is 0 Å². The fraction of sp³-hybridized carbons (Fsp3) is 0. The third-order valence-corrected chi connectivity index (χ3v) is 13.1. The molecule has 3 heterocycles. The summed E-state index contributed by atoms with van der Waals surface area (Å²) in [6.07, 6.45) is 0. The van der Waals surface area contributed by atoms with Crippen molar-refractivity contribution in [1.82, 2.24) is 19.5 Å². The van der Waals surface area contributed by atoms with Crippen molar-refractivity contribution in [3.63, 3.8) is 0 Å². The first-order valence-electron chi connectivity index (χ1n) is 22.9. The number of hydrogen-bond acceptors (Lipinski definition) is 4. The van der Waals surface area contributed by atoms with Gasteiger partial charge in [0.1, 0.15) is 11.2 Å². The van der Waals surface area contributed by atoms with Crippen molar-refractivity contribution in [2.75, 3.05) is 0 Å². The Labute approximate surface area is 392 Å². The fourth-order valence-corrected chi connectivity index (χ4v) is 9.62. The molecule has 13 rings (SSSR count). The Morgan fingerprint density at radius 2 is 0.676 bits per heavy atom. The van der Waals surface area contributed by atoms with Crippen molar-refractivity contribution in [2.24, 2.45) is 0 Å². The van der Waals surface area contributed by atoms with Crippen molar-refractivity contribution < 1.29 is 4.42 Å². The van der Waals surface area contributed by atoms with E-state index in [1.54, 1.807) is 0 Å². The Morgan fingerprint density at radius 3 is 1.26 bits per heavy atom. The van der Waals surface area contributed by atoms with E-state index < -0.39 is 0 Å². The molecule has 0 aliphatic carbocycles. The summed E-state index contributed by atoms with van der Waals surface area (Å²) in [7, 11) is 0. The maximum Gasteiger partial charge on any atom is 0.164 e. The van der Waals surface area contributed by atoms with Crippen LogP contribution in [0, 0.1) is 0 Å². The van der Waals surface area contributed by atoms with Gasteiger partial charge in [-0.2, -0.15) is 0 Å². The molecule has 0 saturated carbocycles. The third kappa shape index (κ3) is 7.02. The number of hydrogen-bond donors (Lipinski definition) is 0. The minimum Gasteiger partial charge on any atom is -0.456 e. The van der Waals surface area contributed by atoms with E-state index in [9.17, 15) is 0 Å². The standard InChI is InChI=1S/C63H40N4O/c1-4-13-41(14-5-1)44-23-27-47(28-24-44)61-64-62(48-29-25-45(26-30-48)42-15-6-2-7-16-42)66-63(65-61)51-33-36-54-56-39-55-53-21-10-11-22-57(53)67(58(55)40-60(56)68-59(54)38-51)52-34-31-46(32-35-52)50-20-12-19-49(37-50)43-17-8-3-9-18-43/h1-40H. The van der Waals surface area contributed by atoms with Crippen LogP contribution in [0.2, 0.25) is 0 Å². The van der Waals surface area contributed by atoms with E-state index in [1.165, 1.54) is 33.0 Å². The molecule has 5 nitrogen and oxygen atoms in total. The zero-order valence-corrected chi connectivity index (χ0v) is 36.8. The Kier molecular flexibility index (Phi) is 9.43. The first kappa shape index (κ1) is 39.2. The lowest BCUT2D eigenvalue weighted by atomic mass is 9.99. The van der Waals surface area contributed by atoms with E-state index in [4.69, 9.17) is 19.4 Å². The van der Waals surface area contributed by atoms with Gasteiger partial charge in [-0.05, 0) is 87.0 Å². The van der Waals surface area contributed by atoms with Crippen LogP contribution in [0.5, 0.6) is 0 Å². The Morgan fingerprint density at radius 1 is 0.250 bits per heavy atom. The SMILES string of the molecule is c1ccc(-c2ccc(-c3nc(-c4ccc(-c5ccccc5)cc4)nc(-c4ccc5c(c4)oc4cc6c(cc45)c4ccccc4n6-c4ccc(-c5cccc(-c6ccccc6)c5)cc4)n3)cc2)cc1. The number of benzene rings is 10. The molecule has 0 spiro atoms. The molecular formula is C63H40N4O. The van der Waals surface area contributed by atoms with Gasteiger partial charge in [0.2, 0.25) is 0 Å². The monoisotopic (exact) mass is 868 g/mol. The summed E-state index contributed by atoms with van der Waals surface area (Å²) in [4.78, 5) is 15.3. The summed E-state index contributed by atoms with van der Waals surface area (Å²) >= 11 is 0. The minimum atomic E-state index is 0.574. The Hall–Kier alpha value is -9.19. The fourth-order valence-electron chi connectivity index (χ4n) is 9.62. The molecule has 13 aromatic rings. The van der Waals surface area contributed by atoms with E-state index in [-0.39, 0.29) is 0 Å². The van der Waals surface area contributed by atoms with E-state index >= 15 is 0 Å². The zero-order chi connectivity index (χ0) is 45.0. The van der Waals surface area contributed by atoms with Crippen LogP contribution in [0.1, 0.15) is 0 Å². The molecule has 5 heteroatoms. The summed E-state index contributed by atoms with van der Waals surface area (Å²) in [6.45, 7) is 0. The first-order valence-corrected chi connectivity index (χ1v) is 22.9. The molecule has 0 aliphatic heterocycles. The highest BCUT2D eigenvalue weighted by Crippen LogP contribution is 2.40. The lowest BCUT2D eigenvalue weighted by Crippen LogP contribution is -2.00. The average molecular weight is 869 g/mol. The van der Waals surface area contributed by atoms with Crippen LogP contribution in [0.25, 0.3) is 128 Å². The molecule has 0 bridgehead atoms. The molecule has 318 valence electrons. The zero-order valence-electron chi connectivity index (χ0n) is 36.8. The van der Waals surface area contributed by atoms with Crippen LogP contribution < -0.4 is 0 Å². The molecular weight excluding hydrogens is 829 g/mol. The van der Waals surface area contributed by atoms with Crippen LogP contribution in [-0.4, -0.2) is 19.5 Å². The molecule has 0 atom stereocenters. The second kappa shape index (κ2) is 16.4. The maximum absolute atomic E-state index is 6.79. The molecule has 0 saturated heterocycles. The van der Waals surface area contributed by atoms with Gasteiger partial charge in [0.05, 0.1) is 11.0 Å². The lowest BCUT2D eigenvalue weighted by molar-refractivity contribution is 0.669. The minimum absolute atomic E-state index is 0.574. The van der Waals surface area contributed by atoms with Crippen molar-refractivity contribution >= 4 is 43.7 Å². The number of aromatic nitrogens is 4. The van der Waals surface area contributed by atoms with Crippen molar-refractivity contribution in [2.45, 2.75) is 0 Å². The summed E-state index contributed by atoms with van der Waals surface area (Å²) in [5, 5.41) is 4.45. The van der Waals surface area contributed by atoms with Crippen LogP contribution in [-0.2, 0) is 0 Å². The number of nitrogens with zero attached hydrogens (tertiary/aromatic N) is 4. The van der Waals surface area contributed by atoms with Gasteiger partial charge in [-0.15, -0.1) is 0 Å². The highest BCUT2D eigenvalue weighted by atomic mass is 16.3. The normalized spacial score (nSPS) is 11.5. The molecule has 3 aromatic heterocycles. The Bertz CT molecular complexity index is 3870. The highest BCUT2D eigenvalue weighted by molar-refractivity contribution is 6.17. The summed E-state index contributed by atoms with van der Waals surface area (Å²) in [5.74, 6) is 1.78. The average Bonchev–Trinajstić information content (AvgIpc) is 3.95. The van der Waals surface area contributed by atoms with Crippen LogP contribution >= 0.6 is 0 Å². The molecule has 0 aliphatic rings. The number of para-hydroxylation sites is 1. The molecule has 0 fully saturated rings. The van der Waals surface area contributed by atoms with Gasteiger partial charge in [-0.1, -0.05) is 194 Å². The second-order valence-electron chi connectivity index (χ2n) is 17.2. The predicted molar refractivity (Wildman–Crippen MR) is 279 cm³/mol. The molecule has 10 aromatic carbocycles. The summed E-state index contributed by atoms with van der Waals surface area (Å²) in [5.41, 5.74) is 16.9. The first-order chi connectivity index (χ1) is 33.7. The van der Waals surface area contributed by atoms with E-state index in [0.29, 0.717) is 17.5 Å². The van der Waals surface area contributed by atoms with Crippen molar-refractivity contribution in [3.8, 4) is 84.4 Å². The van der Waals surface area contributed by atoms with E-state index in [2.05, 4.69) is 235 Å². The lowest BCUT2D eigenvalue weighted by Gasteiger charge is -2.10. The number of furan rings is 1. The van der Waals surface area contributed by atoms with Crippen LogP contribution in [0.15, 0.2) is 247 Å². The van der Waals surface area contributed by atoms with Gasteiger partial charge >= 0.3 is 0 Å². The molecule has 68 heavy (non-hydrogen) atoms. The van der Waals surface area contributed by atoms with Crippen molar-refractivity contribution in [1.29, 1.82) is 0 Å². The molecule has 0 radical (unpaired) electrons. The molecule has 0 amide bonds. The quantitative estimate of drug-likeness (QED) is 0.153. The van der Waals surface area contributed by atoms with E-state index in [0.717, 1.165) is 77.6 Å². The van der Waals surface area contributed by atoms with Crippen molar-refractivity contribution in [3.05, 3.63) is 243 Å². The smallest absolute Gasteiger partial charge is 0.164 e. The molecule has 0 N–H and O–H groups in total. The Balaban J connectivity index is 0.895. The maximum atomic E-state index is 6.79. The van der Waals surface area contributed by atoms with E-state index in [1.807, 2.05) is 12.1 Å². The van der Waals surface area contributed by atoms with Crippen LogP contribution in [0.3, 0.4) is 0 Å². The predicted octanol–water partition coefficient (Wildman–Crippen LogP) is 16.5. The highest BCUT2D eigenvalue weighted by Gasteiger charge is 2.19. The largest absolute Gasteiger partial charge is 0.456 e. The third-order valence-electron chi connectivity index (χ3n) is 13.1. The summed E-state index contributed by atoms with van der Waals surface area (Å²) < 4.78 is 9.14. The van der Waals surface area contributed by atoms with Gasteiger partial charge < -0.3 is 8.98 Å². The number of fused-ring (bicyclic) bond motifs is 6.